The number of fused-ring (bicyclic) bond motifs is 1. The summed E-state index contributed by atoms with van der Waals surface area (Å²) in [5.41, 5.74) is 8.41. The molecule has 0 saturated heterocycles. The molecule has 0 radical (unpaired) electrons. The minimum absolute atomic E-state index is 0.159. The highest BCUT2D eigenvalue weighted by molar-refractivity contribution is 6.12. The molecule has 0 fully saturated rings. The number of carbonyl (C=O) groups is 1. The Morgan fingerprint density at radius 2 is 1.80 bits per heavy atom. The van der Waals surface area contributed by atoms with Crippen molar-refractivity contribution in [2.45, 2.75) is 0 Å². The second kappa shape index (κ2) is 5.01. The van der Waals surface area contributed by atoms with Crippen molar-refractivity contribution in [3.8, 4) is 0 Å². The molecule has 4 heteroatoms. The Morgan fingerprint density at radius 1 is 1.00 bits per heavy atom. The first-order valence-electron chi connectivity index (χ1n) is 6.25. The van der Waals surface area contributed by atoms with Gasteiger partial charge in [-0.05, 0) is 42.5 Å². The Bertz CT molecular complexity index is 761. The molecule has 0 aliphatic rings. The number of anilines is 2. The van der Waals surface area contributed by atoms with Crippen LogP contribution in [0.1, 0.15) is 10.4 Å². The van der Waals surface area contributed by atoms with Crippen molar-refractivity contribution in [3.05, 3.63) is 66.4 Å². The van der Waals surface area contributed by atoms with Crippen molar-refractivity contribution in [2.75, 3.05) is 11.1 Å². The van der Waals surface area contributed by atoms with Gasteiger partial charge < -0.3 is 11.1 Å². The average molecular weight is 263 g/mol. The zero-order chi connectivity index (χ0) is 13.9. The smallest absolute Gasteiger partial charge is 0.256 e. The number of nitrogens with one attached hydrogen (secondary N) is 1. The molecular weight excluding hydrogens is 250 g/mol. The lowest BCUT2D eigenvalue weighted by atomic mass is 10.1. The third-order valence-electron chi connectivity index (χ3n) is 3.06. The molecule has 1 aromatic heterocycles. The quantitative estimate of drug-likeness (QED) is 0.698. The number of nitrogens with two attached hydrogens (primary N) is 1. The topological polar surface area (TPSA) is 68.0 Å². The van der Waals surface area contributed by atoms with Gasteiger partial charge in [-0.25, -0.2) is 0 Å². The van der Waals surface area contributed by atoms with Crippen molar-refractivity contribution >= 4 is 28.2 Å². The van der Waals surface area contributed by atoms with Crippen LogP contribution in [0.5, 0.6) is 0 Å². The van der Waals surface area contributed by atoms with Crippen LogP contribution >= 0.6 is 0 Å². The van der Waals surface area contributed by atoms with Crippen molar-refractivity contribution in [1.29, 1.82) is 0 Å². The van der Waals surface area contributed by atoms with E-state index in [-0.39, 0.29) is 5.91 Å². The fourth-order valence-electron chi connectivity index (χ4n) is 2.07. The standard InChI is InChI=1S/C16H13N3O/c17-11-6-8-12(9-7-11)19-16(20)14-3-1-5-15-13(14)4-2-10-18-15/h1-10H,17H2,(H,19,20). The molecule has 1 heterocycles. The molecule has 20 heavy (non-hydrogen) atoms. The van der Waals surface area contributed by atoms with E-state index in [0.29, 0.717) is 16.9 Å². The van der Waals surface area contributed by atoms with Crippen molar-refractivity contribution in [1.82, 2.24) is 4.98 Å². The van der Waals surface area contributed by atoms with Crippen LogP contribution in [-0.4, -0.2) is 10.9 Å². The number of rotatable bonds is 2. The molecule has 2 aromatic carbocycles. The third-order valence-corrected chi connectivity index (χ3v) is 3.06. The predicted molar refractivity (Wildman–Crippen MR) is 80.6 cm³/mol. The molecule has 1 amide bonds. The van der Waals surface area contributed by atoms with Crippen molar-refractivity contribution in [2.24, 2.45) is 0 Å². The number of hydrogen-bond donors (Lipinski definition) is 2. The fraction of sp³-hybridized carbons (Fsp3) is 0. The second-order valence-corrected chi connectivity index (χ2v) is 4.45. The minimum Gasteiger partial charge on any atom is -0.399 e. The summed E-state index contributed by atoms with van der Waals surface area (Å²) in [5.74, 6) is -0.159. The third kappa shape index (κ3) is 2.31. The first kappa shape index (κ1) is 12.2. The normalized spacial score (nSPS) is 10.4. The van der Waals surface area contributed by atoms with Crippen molar-refractivity contribution in [3.63, 3.8) is 0 Å². The fourth-order valence-corrected chi connectivity index (χ4v) is 2.07. The zero-order valence-corrected chi connectivity index (χ0v) is 10.7. The van der Waals surface area contributed by atoms with E-state index in [4.69, 9.17) is 5.73 Å². The highest BCUT2D eigenvalue weighted by Gasteiger charge is 2.10. The summed E-state index contributed by atoms with van der Waals surface area (Å²) in [5, 5.41) is 3.69. The van der Waals surface area contributed by atoms with Crippen LogP contribution in [0.15, 0.2) is 60.8 Å². The van der Waals surface area contributed by atoms with Gasteiger partial charge in [0.05, 0.1) is 5.52 Å². The van der Waals surface area contributed by atoms with E-state index in [2.05, 4.69) is 10.3 Å². The highest BCUT2D eigenvalue weighted by atomic mass is 16.1. The Balaban J connectivity index is 1.94. The lowest BCUT2D eigenvalue weighted by molar-refractivity contribution is 0.102. The number of pyridine rings is 1. The van der Waals surface area contributed by atoms with Crippen LogP contribution in [0.3, 0.4) is 0 Å². The van der Waals surface area contributed by atoms with Gasteiger partial charge in [0.15, 0.2) is 0 Å². The molecule has 0 aliphatic heterocycles. The zero-order valence-electron chi connectivity index (χ0n) is 10.7. The molecule has 0 bridgehead atoms. The minimum atomic E-state index is -0.159. The maximum atomic E-state index is 12.3. The lowest BCUT2D eigenvalue weighted by Gasteiger charge is -2.08. The maximum absolute atomic E-state index is 12.3. The van der Waals surface area contributed by atoms with Crippen LogP contribution in [0, 0.1) is 0 Å². The first-order valence-corrected chi connectivity index (χ1v) is 6.25. The van der Waals surface area contributed by atoms with Crippen LogP contribution in [0.25, 0.3) is 10.9 Å². The number of carbonyl (C=O) groups excluding carboxylic acids is 1. The van der Waals surface area contributed by atoms with Crippen LogP contribution in [-0.2, 0) is 0 Å². The summed E-state index contributed by atoms with van der Waals surface area (Å²) < 4.78 is 0. The van der Waals surface area contributed by atoms with Gasteiger partial charge in [0, 0.05) is 28.5 Å². The van der Waals surface area contributed by atoms with E-state index in [1.807, 2.05) is 24.3 Å². The van der Waals surface area contributed by atoms with E-state index >= 15 is 0 Å². The van der Waals surface area contributed by atoms with Gasteiger partial charge in [-0.2, -0.15) is 0 Å². The summed E-state index contributed by atoms with van der Waals surface area (Å²) in [6.45, 7) is 0. The molecule has 0 saturated carbocycles. The van der Waals surface area contributed by atoms with Gasteiger partial charge in [0.1, 0.15) is 0 Å². The molecule has 3 rings (SSSR count). The molecule has 0 spiro atoms. The maximum Gasteiger partial charge on any atom is 0.256 e. The molecule has 3 N–H and O–H groups in total. The number of aromatic nitrogens is 1. The van der Waals surface area contributed by atoms with Gasteiger partial charge in [-0.3, -0.25) is 9.78 Å². The SMILES string of the molecule is Nc1ccc(NC(=O)c2cccc3ncccc23)cc1. The first-order chi connectivity index (χ1) is 9.74. The lowest BCUT2D eigenvalue weighted by Crippen LogP contribution is -2.12. The molecule has 3 aromatic rings. The molecule has 98 valence electrons. The molecule has 0 atom stereocenters. The number of nitrogens with zero attached hydrogens (tertiary/aromatic N) is 1. The van der Waals surface area contributed by atoms with Crippen LogP contribution < -0.4 is 11.1 Å². The van der Waals surface area contributed by atoms with Gasteiger partial charge in [0.25, 0.3) is 5.91 Å². The Labute approximate surface area is 116 Å². The molecular formula is C16H13N3O. The van der Waals surface area contributed by atoms with E-state index in [1.165, 1.54) is 0 Å². The van der Waals surface area contributed by atoms with Crippen LogP contribution in [0.4, 0.5) is 11.4 Å². The van der Waals surface area contributed by atoms with Crippen LogP contribution in [0.2, 0.25) is 0 Å². The number of amides is 1. The van der Waals surface area contributed by atoms with E-state index < -0.39 is 0 Å². The van der Waals surface area contributed by atoms with Gasteiger partial charge in [0.2, 0.25) is 0 Å². The van der Waals surface area contributed by atoms with E-state index in [9.17, 15) is 4.79 Å². The highest BCUT2D eigenvalue weighted by Crippen LogP contribution is 2.18. The van der Waals surface area contributed by atoms with Crippen molar-refractivity contribution < 1.29 is 4.79 Å². The number of benzene rings is 2. The molecule has 4 nitrogen and oxygen atoms in total. The van der Waals surface area contributed by atoms with E-state index in [1.54, 1.807) is 36.5 Å². The molecule has 0 aliphatic carbocycles. The summed E-state index contributed by atoms with van der Waals surface area (Å²) >= 11 is 0. The Morgan fingerprint density at radius 3 is 2.60 bits per heavy atom. The van der Waals surface area contributed by atoms with Gasteiger partial charge in [-0.1, -0.05) is 12.1 Å². The summed E-state index contributed by atoms with van der Waals surface area (Å²) in [6.07, 6.45) is 1.71. The number of hydrogen-bond acceptors (Lipinski definition) is 3. The predicted octanol–water partition coefficient (Wildman–Crippen LogP) is 3.07. The Kier molecular flexibility index (Phi) is 3.05. The van der Waals surface area contributed by atoms with Gasteiger partial charge in [-0.15, -0.1) is 0 Å². The summed E-state index contributed by atoms with van der Waals surface area (Å²) in [7, 11) is 0. The average Bonchev–Trinajstić information content (AvgIpc) is 2.49. The van der Waals surface area contributed by atoms with E-state index in [0.717, 1.165) is 10.9 Å². The second-order valence-electron chi connectivity index (χ2n) is 4.45. The summed E-state index contributed by atoms with van der Waals surface area (Å²) in [6, 6.07) is 16.3. The largest absolute Gasteiger partial charge is 0.399 e. The monoisotopic (exact) mass is 263 g/mol. The van der Waals surface area contributed by atoms with Gasteiger partial charge >= 0.3 is 0 Å². The number of nitrogen functional groups attached to an aromatic ring is 1. The Hall–Kier alpha value is -2.88. The molecule has 0 unspecified atom stereocenters. The summed E-state index contributed by atoms with van der Waals surface area (Å²) in [4.78, 5) is 16.6.